The van der Waals surface area contributed by atoms with Crippen LogP contribution in [0, 0.1) is 0 Å². The number of methoxy groups -OCH3 is 4. The van der Waals surface area contributed by atoms with Crippen LogP contribution in [-0.4, -0.2) is 49.1 Å². The van der Waals surface area contributed by atoms with Gasteiger partial charge in [0.2, 0.25) is 11.6 Å². The van der Waals surface area contributed by atoms with Crippen molar-refractivity contribution >= 4 is 23.1 Å². The lowest BCUT2D eigenvalue weighted by Gasteiger charge is -2.15. The van der Waals surface area contributed by atoms with Gasteiger partial charge < -0.3 is 29.6 Å². The molecule has 0 saturated heterocycles. The number of urea groups is 1. The van der Waals surface area contributed by atoms with Gasteiger partial charge in [-0.05, 0) is 18.2 Å². The Hall–Kier alpha value is -4.47. The van der Waals surface area contributed by atoms with Crippen LogP contribution in [0.1, 0.15) is 0 Å². The maximum Gasteiger partial charge on any atom is 0.323 e. The molecule has 0 unspecified atom stereocenters. The summed E-state index contributed by atoms with van der Waals surface area (Å²) >= 11 is 0. The summed E-state index contributed by atoms with van der Waals surface area (Å²) in [7, 11) is 6.10. The molecule has 0 atom stereocenters. The molecule has 0 aliphatic carbocycles. The first-order chi connectivity index (χ1) is 16.0. The molecule has 2 aromatic carbocycles. The van der Waals surface area contributed by atoms with E-state index in [1.807, 2.05) is 24.3 Å². The SMILES string of the molecule is COc1ccc2nc(-c3cccc(NC(=O)Nc4cc(OC)c(OC)c(OC)c4)c3)cn2n1. The van der Waals surface area contributed by atoms with Crippen LogP contribution in [0.2, 0.25) is 0 Å². The first-order valence-electron chi connectivity index (χ1n) is 9.93. The van der Waals surface area contributed by atoms with Gasteiger partial charge in [-0.3, -0.25) is 0 Å². The lowest BCUT2D eigenvalue weighted by atomic mass is 10.1. The van der Waals surface area contributed by atoms with Gasteiger partial charge in [0.25, 0.3) is 0 Å². The summed E-state index contributed by atoms with van der Waals surface area (Å²) in [6, 6.07) is 13.8. The minimum absolute atomic E-state index is 0.428. The van der Waals surface area contributed by atoms with Crippen molar-refractivity contribution in [3.63, 3.8) is 0 Å². The molecule has 4 aromatic rings. The molecule has 10 heteroatoms. The summed E-state index contributed by atoms with van der Waals surface area (Å²) in [5.41, 5.74) is 3.30. The second-order valence-electron chi connectivity index (χ2n) is 6.88. The number of aromatic nitrogens is 3. The van der Waals surface area contributed by atoms with Crippen LogP contribution < -0.4 is 29.6 Å². The number of carbonyl (C=O) groups excluding carboxylic acids is 1. The number of ether oxygens (including phenoxy) is 4. The Bertz CT molecular complexity index is 1280. The number of hydrogen-bond donors (Lipinski definition) is 2. The standard InChI is InChI=1S/C23H23N5O5/c1-30-18-11-16(12-19(31-2)22(18)33-4)25-23(29)24-15-7-5-6-14(10-15)17-13-28-20(26-17)8-9-21(27-28)32-3/h5-13H,1-4H3,(H2,24,25,29). The highest BCUT2D eigenvalue weighted by Gasteiger charge is 2.15. The number of fused-ring (bicyclic) bond motifs is 1. The number of imidazole rings is 1. The fraction of sp³-hybridized carbons (Fsp3) is 0.174. The van der Waals surface area contributed by atoms with Crippen molar-refractivity contribution < 1.29 is 23.7 Å². The van der Waals surface area contributed by atoms with Crippen LogP contribution in [0.3, 0.4) is 0 Å². The van der Waals surface area contributed by atoms with Crippen LogP contribution in [0.15, 0.2) is 54.7 Å². The molecule has 0 aliphatic rings. The molecule has 2 N–H and O–H groups in total. The summed E-state index contributed by atoms with van der Waals surface area (Å²) in [6.07, 6.45) is 1.80. The zero-order valence-corrected chi connectivity index (χ0v) is 18.6. The van der Waals surface area contributed by atoms with E-state index in [1.54, 1.807) is 42.1 Å². The van der Waals surface area contributed by atoms with Crippen LogP contribution in [-0.2, 0) is 0 Å². The third-order valence-electron chi connectivity index (χ3n) is 4.84. The van der Waals surface area contributed by atoms with Crippen molar-refractivity contribution in [1.29, 1.82) is 0 Å². The Morgan fingerprint density at radius 3 is 2.24 bits per heavy atom. The monoisotopic (exact) mass is 449 g/mol. The van der Waals surface area contributed by atoms with E-state index in [-0.39, 0.29) is 0 Å². The van der Waals surface area contributed by atoms with Crippen LogP contribution in [0.5, 0.6) is 23.1 Å². The summed E-state index contributed by atoms with van der Waals surface area (Å²) in [4.78, 5) is 17.2. The predicted octanol–water partition coefficient (Wildman–Crippen LogP) is 4.07. The van der Waals surface area contributed by atoms with Gasteiger partial charge in [-0.1, -0.05) is 12.1 Å². The first kappa shape index (κ1) is 21.8. The van der Waals surface area contributed by atoms with E-state index in [9.17, 15) is 4.79 Å². The molecule has 0 radical (unpaired) electrons. The van der Waals surface area contributed by atoms with Crippen molar-refractivity contribution in [2.24, 2.45) is 0 Å². The van der Waals surface area contributed by atoms with Gasteiger partial charge in [0, 0.05) is 29.4 Å². The van der Waals surface area contributed by atoms with Gasteiger partial charge in [0.05, 0.1) is 46.0 Å². The fourth-order valence-electron chi connectivity index (χ4n) is 3.32. The van der Waals surface area contributed by atoms with E-state index in [0.717, 1.165) is 5.56 Å². The zero-order chi connectivity index (χ0) is 23.4. The van der Waals surface area contributed by atoms with Gasteiger partial charge in [-0.15, -0.1) is 5.10 Å². The summed E-state index contributed by atoms with van der Waals surface area (Å²) in [5, 5.41) is 9.92. The van der Waals surface area contributed by atoms with E-state index in [1.165, 1.54) is 21.3 Å². The normalized spacial score (nSPS) is 10.5. The fourth-order valence-corrected chi connectivity index (χ4v) is 3.32. The number of nitrogens with one attached hydrogen (secondary N) is 2. The van der Waals surface area contributed by atoms with Crippen LogP contribution in [0.4, 0.5) is 16.2 Å². The molecule has 2 aromatic heterocycles. The highest BCUT2D eigenvalue weighted by molar-refractivity contribution is 6.00. The molecule has 2 amide bonds. The Morgan fingerprint density at radius 1 is 0.848 bits per heavy atom. The molecule has 10 nitrogen and oxygen atoms in total. The Morgan fingerprint density at radius 2 is 1.58 bits per heavy atom. The minimum Gasteiger partial charge on any atom is -0.493 e. The third-order valence-corrected chi connectivity index (χ3v) is 4.84. The predicted molar refractivity (Wildman–Crippen MR) is 124 cm³/mol. The Balaban J connectivity index is 1.52. The number of anilines is 2. The van der Waals surface area contributed by atoms with Gasteiger partial charge in [0.1, 0.15) is 0 Å². The summed E-state index contributed by atoms with van der Waals surface area (Å²) in [5.74, 6) is 1.81. The number of nitrogens with zero attached hydrogens (tertiary/aromatic N) is 3. The average molecular weight is 449 g/mol. The van der Waals surface area contributed by atoms with Crippen molar-refractivity contribution in [2.75, 3.05) is 39.1 Å². The van der Waals surface area contributed by atoms with E-state index in [2.05, 4.69) is 20.7 Å². The molecule has 4 rings (SSSR count). The van der Waals surface area contributed by atoms with Gasteiger partial charge >= 0.3 is 6.03 Å². The van der Waals surface area contributed by atoms with Gasteiger partial charge in [-0.25, -0.2) is 14.3 Å². The molecule has 0 fully saturated rings. The second-order valence-corrected chi connectivity index (χ2v) is 6.88. The first-order valence-corrected chi connectivity index (χ1v) is 9.93. The lowest BCUT2D eigenvalue weighted by molar-refractivity contribution is 0.262. The highest BCUT2D eigenvalue weighted by atomic mass is 16.5. The number of benzene rings is 2. The maximum atomic E-state index is 12.6. The zero-order valence-electron chi connectivity index (χ0n) is 18.6. The van der Waals surface area contributed by atoms with Crippen LogP contribution >= 0.6 is 0 Å². The van der Waals surface area contributed by atoms with E-state index in [0.29, 0.717) is 45.8 Å². The van der Waals surface area contributed by atoms with Crippen molar-refractivity contribution in [2.45, 2.75) is 0 Å². The number of amides is 2. The maximum absolute atomic E-state index is 12.6. The molecule has 33 heavy (non-hydrogen) atoms. The molecule has 2 heterocycles. The number of carbonyl (C=O) groups is 1. The molecule has 0 saturated carbocycles. The molecule has 0 bridgehead atoms. The number of rotatable bonds is 7. The molecule has 170 valence electrons. The largest absolute Gasteiger partial charge is 0.493 e. The van der Waals surface area contributed by atoms with Crippen molar-refractivity contribution in [1.82, 2.24) is 14.6 Å². The Kier molecular flexibility index (Phi) is 6.16. The third kappa shape index (κ3) is 4.59. The molecule has 0 aliphatic heterocycles. The quantitative estimate of drug-likeness (QED) is 0.438. The topological polar surface area (TPSA) is 108 Å². The van der Waals surface area contributed by atoms with Gasteiger partial charge in [-0.2, -0.15) is 0 Å². The molecular formula is C23H23N5O5. The van der Waals surface area contributed by atoms with E-state index in [4.69, 9.17) is 18.9 Å². The smallest absolute Gasteiger partial charge is 0.323 e. The van der Waals surface area contributed by atoms with Crippen molar-refractivity contribution in [3.8, 4) is 34.4 Å². The molecule has 0 spiro atoms. The summed E-state index contributed by atoms with van der Waals surface area (Å²) in [6.45, 7) is 0. The lowest BCUT2D eigenvalue weighted by Crippen LogP contribution is -2.19. The average Bonchev–Trinajstić information content (AvgIpc) is 3.26. The van der Waals surface area contributed by atoms with E-state index >= 15 is 0 Å². The number of hydrogen-bond acceptors (Lipinski definition) is 7. The van der Waals surface area contributed by atoms with Gasteiger partial charge in [0.15, 0.2) is 17.1 Å². The second kappa shape index (κ2) is 9.35. The summed E-state index contributed by atoms with van der Waals surface area (Å²) < 4.78 is 22.8. The minimum atomic E-state index is -0.428. The van der Waals surface area contributed by atoms with E-state index < -0.39 is 6.03 Å². The van der Waals surface area contributed by atoms with Crippen molar-refractivity contribution in [3.05, 3.63) is 54.7 Å². The highest BCUT2D eigenvalue weighted by Crippen LogP contribution is 2.40. The molecular weight excluding hydrogens is 426 g/mol. The Labute approximate surface area is 190 Å². The van der Waals surface area contributed by atoms with Crippen LogP contribution in [0.25, 0.3) is 16.9 Å².